The average Bonchev–Trinajstić information content (AvgIpc) is 2.85. The van der Waals surface area contributed by atoms with Crippen LogP contribution in [0.5, 0.6) is 0 Å². The van der Waals surface area contributed by atoms with E-state index in [-0.39, 0.29) is 30.3 Å². The number of nitro benzene ring substituents is 1. The molecule has 1 N–H and O–H groups in total. The highest BCUT2D eigenvalue weighted by atomic mass is 79.9. The molecule has 0 unspecified atom stereocenters. The summed E-state index contributed by atoms with van der Waals surface area (Å²) < 4.78 is 5.90. The molecule has 2 aliphatic rings. The van der Waals surface area contributed by atoms with Crippen LogP contribution in [0.15, 0.2) is 22.7 Å². The van der Waals surface area contributed by atoms with E-state index >= 15 is 0 Å². The van der Waals surface area contributed by atoms with Crippen molar-refractivity contribution in [1.29, 1.82) is 0 Å². The summed E-state index contributed by atoms with van der Waals surface area (Å²) in [5, 5.41) is 14.3. The Bertz CT molecular complexity index is 595. The number of nitrogens with one attached hydrogen (secondary N) is 1. The minimum Gasteiger partial charge on any atom is -0.375 e. The number of rotatable bonds is 3. The topological polar surface area (TPSA) is 84.7 Å². The third kappa shape index (κ3) is 2.86. The Morgan fingerprint density at radius 2 is 2.29 bits per heavy atom. The number of hydrogen-bond acceptors (Lipinski definition) is 5. The first-order valence-electron chi connectivity index (χ1n) is 6.62. The molecule has 0 aliphatic carbocycles. The van der Waals surface area contributed by atoms with Gasteiger partial charge in [-0.3, -0.25) is 14.9 Å². The zero-order valence-electron chi connectivity index (χ0n) is 11.1. The maximum atomic E-state index is 11.8. The van der Waals surface area contributed by atoms with E-state index in [2.05, 4.69) is 21.2 Å². The molecule has 112 valence electrons. The molecule has 1 aromatic carbocycles. The predicted molar refractivity (Wildman–Crippen MR) is 79.1 cm³/mol. The maximum absolute atomic E-state index is 11.8. The van der Waals surface area contributed by atoms with Crippen LogP contribution in [-0.4, -0.2) is 47.6 Å². The fraction of sp³-hybridized carbons (Fsp3) is 0.462. The Labute approximate surface area is 129 Å². The van der Waals surface area contributed by atoms with Crippen LogP contribution in [0.25, 0.3) is 0 Å². The van der Waals surface area contributed by atoms with Gasteiger partial charge in [-0.05, 0) is 18.6 Å². The molecule has 0 aromatic heterocycles. The Morgan fingerprint density at radius 3 is 3.00 bits per heavy atom. The third-order valence-electron chi connectivity index (χ3n) is 3.79. The zero-order chi connectivity index (χ0) is 15.0. The van der Waals surface area contributed by atoms with E-state index in [0.29, 0.717) is 23.3 Å². The average molecular weight is 356 g/mol. The summed E-state index contributed by atoms with van der Waals surface area (Å²) in [4.78, 5) is 24.2. The number of hydrogen-bond donors (Lipinski definition) is 1. The second-order valence-electron chi connectivity index (χ2n) is 5.21. The van der Waals surface area contributed by atoms with Gasteiger partial charge in [0.15, 0.2) is 0 Å². The van der Waals surface area contributed by atoms with Gasteiger partial charge in [0.2, 0.25) is 5.91 Å². The zero-order valence-corrected chi connectivity index (χ0v) is 12.7. The molecule has 1 aromatic rings. The Hall–Kier alpha value is -1.67. The lowest BCUT2D eigenvalue weighted by Crippen LogP contribution is -2.45. The number of halogens is 1. The summed E-state index contributed by atoms with van der Waals surface area (Å²) in [6, 6.07) is 4.97. The van der Waals surface area contributed by atoms with Gasteiger partial charge in [-0.2, -0.15) is 0 Å². The van der Waals surface area contributed by atoms with E-state index in [9.17, 15) is 14.9 Å². The molecule has 2 fully saturated rings. The molecular formula is C13H14BrN3O4. The number of amides is 1. The second-order valence-corrected chi connectivity index (χ2v) is 6.13. The van der Waals surface area contributed by atoms with Gasteiger partial charge < -0.3 is 15.0 Å². The van der Waals surface area contributed by atoms with Gasteiger partial charge in [0, 0.05) is 23.1 Å². The molecule has 21 heavy (non-hydrogen) atoms. The molecule has 0 radical (unpaired) electrons. The van der Waals surface area contributed by atoms with Crippen LogP contribution in [0, 0.1) is 10.1 Å². The van der Waals surface area contributed by atoms with Crippen molar-refractivity contribution in [2.45, 2.75) is 18.5 Å². The molecule has 0 spiro atoms. The predicted octanol–water partition coefficient (Wildman–Crippen LogP) is 1.77. The fourth-order valence-electron chi connectivity index (χ4n) is 2.85. The van der Waals surface area contributed by atoms with E-state index in [1.165, 1.54) is 6.07 Å². The summed E-state index contributed by atoms with van der Waals surface area (Å²) in [5.74, 6) is -0.0131. The van der Waals surface area contributed by atoms with Crippen LogP contribution in [0.3, 0.4) is 0 Å². The van der Waals surface area contributed by atoms with Crippen molar-refractivity contribution >= 4 is 33.2 Å². The van der Waals surface area contributed by atoms with Crippen molar-refractivity contribution in [3.05, 3.63) is 32.8 Å². The van der Waals surface area contributed by atoms with Crippen molar-refractivity contribution in [2.24, 2.45) is 0 Å². The molecule has 0 saturated carbocycles. The smallest absolute Gasteiger partial charge is 0.293 e. The number of benzene rings is 1. The summed E-state index contributed by atoms with van der Waals surface area (Å²) in [6.45, 7) is 1.22. The first kappa shape index (κ1) is 14.3. The van der Waals surface area contributed by atoms with Gasteiger partial charge in [0.25, 0.3) is 5.69 Å². The minimum absolute atomic E-state index is 0.000487. The highest BCUT2D eigenvalue weighted by molar-refractivity contribution is 9.10. The molecule has 3 rings (SSSR count). The summed E-state index contributed by atoms with van der Waals surface area (Å²) >= 11 is 3.23. The highest BCUT2D eigenvalue weighted by Crippen LogP contribution is 2.31. The van der Waals surface area contributed by atoms with Crippen molar-refractivity contribution < 1.29 is 14.5 Å². The number of anilines is 1. The van der Waals surface area contributed by atoms with Gasteiger partial charge >= 0.3 is 0 Å². The Morgan fingerprint density at radius 1 is 1.48 bits per heavy atom. The van der Waals surface area contributed by atoms with Crippen molar-refractivity contribution in [3.63, 3.8) is 0 Å². The molecule has 2 heterocycles. The van der Waals surface area contributed by atoms with E-state index in [0.717, 1.165) is 6.42 Å². The molecule has 2 aliphatic heterocycles. The number of nitrogens with zero attached hydrogens (tertiary/aromatic N) is 2. The molecule has 2 saturated heterocycles. The molecular weight excluding hydrogens is 342 g/mol. The van der Waals surface area contributed by atoms with Crippen LogP contribution in [-0.2, 0) is 9.53 Å². The first-order chi connectivity index (χ1) is 10.0. The van der Waals surface area contributed by atoms with Crippen molar-refractivity contribution in [3.8, 4) is 0 Å². The third-order valence-corrected chi connectivity index (χ3v) is 4.28. The van der Waals surface area contributed by atoms with E-state index in [1.807, 2.05) is 0 Å². The first-order valence-corrected chi connectivity index (χ1v) is 7.41. The van der Waals surface area contributed by atoms with Gasteiger partial charge in [0.1, 0.15) is 12.3 Å². The van der Waals surface area contributed by atoms with Crippen LogP contribution >= 0.6 is 15.9 Å². The number of morpholine rings is 1. The van der Waals surface area contributed by atoms with Gasteiger partial charge in [-0.25, -0.2) is 0 Å². The highest BCUT2D eigenvalue weighted by Gasteiger charge is 2.38. The van der Waals surface area contributed by atoms with Crippen LogP contribution in [0.4, 0.5) is 11.4 Å². The van der Waals surface area contributed by atoms with Gasteiger partial charge in [-0.15, -0.1) is 0 Å². The molecule has 0 bridgehead atoms. The Balaban J connectivity index is 1.76. The SMILES string of the molecule is O=C1COC[C@@H]2C[C@H](Nc3ccc(Br)cc3[N+](=O)[O-])CN12. The number of nitro groups is 1. The summed E-state index contributed by atoms with van der Waals surface area (Å²) in [5.41, 5.74) is 0.498. The monoisotopic (exact) mass is 355 g/mol. The normalized spacial score (nSPS) is 24.8. The standard InChI is InChI=1S/C13H14BrN3O4/c14-8-1-2-11(12(3-8)17(19)20)15-9-4-10-6-21-7-13(18)16(10)5-9/h1-3,9-10,15H,4-7H2/t9-,10-/m0/s1. The summed E-state index contributed by atoms with van der Waals surface area (Å²) in [7, 11) is 0. The molecule has 2 atom stereocenters. The number of carbonyl (C=O) groups is 1. The van der Waals surface area contributed by atoms with E-state index in [4.69, 9.17) is 4.74 Å². The lowest BCUT2D eigenvalue weighted by molar-refractivity contribution is -0.384. The largest absolute Gasteiger partial charge is 0.375 e. The lowest BCUT2D eigenvalue weighted by atomic mass is 10.1. The molecule has 1 amide bonds. The lowest BCUT2D eigenvalue weighted by Gasteiger charge is -2.28. The van der Waals surface area contributed by atoms with Crippen LogP contribution in [0.1, 0.15) is 6.42 Å². The van der Waals surface area contributed by atoms with E-state index < -0.39 is 4.92 Å². The fourth-order valence-corrected chi connectivity index (χ4v) is 3.20. The Kier molecular flexibility index (Phi) is 3.81. The number of carbonyl (C=O) groups excluding carboxylic acids is 1. The quantitative estimate of drug-likeness (QED) is 0.659. The van der Waals surface area contributed by atoms with Gasteiger partial charge in [0.05, 0.1) is 17.6 Å². The molecule has 8 heteroatoms. The van der Waals surface area contributed by atoms with Gasteiger partial charge in [-0.1, -0.05) is 15.9 Å². The second kappa shape index (κ2) is 5.61. The summed E-state index contributed by atoms with van der Waals surface area (Å²) in [6.07, 6.45) is 0.735. The molecule has 7 nitrogen and oxygen atoms in total. The van der Waals surface area contributed by atoms with Crippen LogP contribution in [0.2, 0.25) is 0 Å². The number of ether oxygens (including phenoxy) is 1. The maximum Gasteiger partial charge on any atom is 0.293 e. The van der Waals surface area contributed by atoms with Crippen molar-refractivity contribution in [1.82, 2.24) is 4.90 Å². The minimum atomic E-state index is -0.413. The van der Waals surface area contributed by atoms with E-state index in [1.54, 1.807) is 17.0 Å². The van der Waals surface area contributed by atoms with Crippen LogP contribution < -0.4 is 5.32 Å². The number of fused-ring (bicyclic) bond motifs is 1. The van der Waals surface area contributed by atoms with Crippen molar-refractivity contribution in [2.75, 3.05) is 25.1 Å².